The first-order valence-electron chi connectivity index (χ1n) is 6.61. The van der Waals surface area contributed by atoms with Crippen LogP contribution >= 0.6 is 7.60 Å². The maximum Gasteiger partial charge on any atom is 0.344 e. The average Bonchev–Trinajstić information content (AvgIpc) is 2.38. The van der Waals surface area contributed by atoms with E-state index < -0.39 is 25.7 Å². The Hall–Kier alpha value is -0.500. The van der Waals surface area contributed by atoms with Crippen LogP contribution in [0.5, 0.6) is 0 Å². The Labute approximate surface area is 119 Å². The monoisotopic (exact) mass is 312 g/mol. The average molecular weight is 312 g/mol. The molecule has 0 unspecified atom stereocenters. The number of carbonyl (C=O) groups is 1. The lowest BCUT2D eigenvalue weighted by Gasteiger charge is -2.21. The third-order valence-corrected chi connectivity index (χ3v) is 4.41. The predicted molar refractivity (Wildman–Crippen MR) is 74.6 cm³/mol. The molecule has 20 heavy (non-hydrogen) atoms. The Balaban J connectivity index is 4.43. The van der Waals surface area contributed by atoms with Crippen LogP contribution in [0.4, 0.5) is 0 Å². The van der Waals surface area contributed by atoms with Gasteiger partial charge in [0.15, 0.2) is 0 Å². The van der Waals surface area contributed by atoms with E-state index in [9.17, 15) is 14.5 Å². The molecule has 0 aromatic rings. The molecular weight excluding hydrogens is 287 g/mol. The Morgan fingerprint density at radius 3 is 2.25 bits per heavy atom. The number of carboxylic acids is 1. The first-order valence-corrected chi connectivity index (χ1v) is 8.33. The molecule has 0 bridgehead atoms. The van der Waals surface area contributed by atoms with Crippen molar-refractivity contribution in [1.29, 1.82) is 0 Å². The number of nitrogens with two attached hydrogens (primary N) is 1. The van der Waals surface area contributed by atoms with Crippen molar-refractivity contribution in [1.82, 2.24) is 5.32 Å². The summed E-state index contributed by atoms with van der Waals surface area (Å²) < 4.78 is 22.3. The molecule has 2 atom stereocenters. The normalized spacial score (nSPS) is 15.0. The van der Waals surface area contributed by atoms with E-state index in [1.807, 2.05) is 0 Å². The van der Waals surface area contributed by atoms with Gasteiger partial charge in [-0.1, -0.05) is 0 Å². The molecule has 5 N–H and O–H groups in total. The molecule has 8 nitrogen and oxygen atoms in total. The second-order valence-corrected chi connectivity index (χ2v) is 6.22. The van der Waals surface area contributed by atoms with Gasteiger partial charge in [0.25, 0.3) is 0 Å². The van der Waals surface area contributed by atoms with Gasteiger partial charge in [-0.15, -0.1) is 0 Å². The molecule has 0 radical (unpaired) electrons. The van der Waals surface area contributed by atoms with Crippen molar-refractivity contribution in [2.45, 2.75) is 38.8 Å². The van der Waals surface area contributed by atoms with Gasteiger partial charge < -0.3 is 25.0 Å². The van der Waals surface area contributed by atoms with Crippen LogP contribution in [0, 0.1) is 0 Å². The molecular formula is C11H25N2O6P. The van der Waals surface area contributed by atoms with Crippen molar-refractivity contribution in [3.05, 3.63) is 0 Å². The molecule has 0 aromatic carbocycles. The summed E-state index contributed by atoms with van der Waals surface area (Å²) in [7, 11) is -3.33. The Bertz CT molecular complexity index is 318. The predicted octanol–water partition coefficient (Wildman–Crippen LogP) is 0.353. The van der Waals surface area contributed by atoms with Gasteiger partial charge in [0, 0.05) is 6.54 Å². The van der Waals surface area contributed by atoms with Gasteiger partial charge in [0.05, 0.1) is 25.6 Å². The lowest BCUT2D eigenvalue weighted by atomic mass is 10.1. The van der Waals surface area contributed by atoms with E-state index in [1.54, 1.807) is 13.8 Å². The second-order valence-electron chi connectivity index (χ2n) is 4.17. The summed E-state index contributed by atoms with van der Waals surface area (Å²) in [6.07, 6.45) is -0.520. The number of hydrogen-bond acceptors (Lipinski definition) is 7. The fourth-order valence-corrected chi connectivity index (χ4v) is 3.02. The largest absolute Gasteiger partial charge is 0.480 e. The highest BCUT2D eigenvalue weighted by molar-refractivity contribution is 7.53. The summed E-state index contributed by atoms with van der Waals surface area (Å²) in [6.45, 7) is 3.85. The van der Waals surface area contributed by atoms with Crippen LogP contribution in [-0.4, -0.2) is 54.4 Å². The van der Waals surface area contributed by atoms with E-state index in [2.05, 4.69) is 5.32 Å². The molecule has 0 aliphatic rings. The minimum Gasteiger partial charge on any atom is -0.480 e. The van der Waals surface area contributed by atoms with Crippen LogP contribution in [0.25, 0.3) is 0 Å². The van der Waals surface area contributed by atoms with E-state index in [-0.39, 0.29) is 38.9 Å². The Morgan fingerprint density at radius 2 is 1.85 bits per heavy atom. The summed E-state index contributed by atoms with van der Waals surface area (Å²) in [6, 6.07) is -0.939. The summed E-state index contributed by atoms with van der Waals surface area (Å²) in [5.74, 6) is -1.09. The van der Waals surface area contributed by atoms with Gasteiger partial charge in [-0.25, -0.2) is 0 Å². The van der Waals surface area contributed by atoms with Crippen molar-refractivity contribution in [3.8, 4) is 0 Å². The van der Waals surface area contributed by atoms with Gasteiger partial charge in [0.2, 0.25) is 0 Å². The molecule has 0 heterocycles. The third-order valence-electron chi connectivity index (χ3n) is 2.54. The highest BCUT2D eigenvalue weighted by atomic mass is 31.2. The van der Waals surface area contributed by atoms with Crippen molar-refractivity contribution in [3.63, 3.8) is 0 Å². The van der Waals surface area contributed by atoms with Crippen LogP contribution in [0.2, 0.25) is 0 Å². The van der Waals surface area contributed by atoms with Gasteiger partial charge in [0.1, 0.15) is 6.04 Å². The van der Waals surface area contributed by atoms with E-state index in [1.165, 1.54) is 0 Å². The maximum absolute atomic E-state index is 12.2. The minimum absolute atomic E-state index is 0.0721. The number of nitrogens with one attached hydrogen (secondary N) is 1. The molecule has 9 heteroatoms. The lowest BCUT2D eigenvalue weighted by molar-refractivity contribution is -0.139. The van der Waals surface area contributed by atoms with Crippen LogP contribution in [0.15, 0.2) is 0 Å². The Kier molecular flexibility index (Phi) is 10.0. The number of aliphatic hydroxyl groups excluding tert-OH is 1. The van der Waals surface area contributed by atoms with Crippen molar-refractivity contribution in [2.24, 2.45) is 5.73 Å². The van der Waals surface area contributed by atoms with E-state index in [0.29, 0.717) is 0 Å². The van der Waals surface area contributed by atoms with Crippen molar-refractivity contribution in [2.75, 3.05) is 26.0 Å². The number of rotatable bonds is 12. The molecule has 0 aromatic heterocycles. The second kappa shape index (κ2) is 10.3. The van der Waals surface area contributed by atoms with E-state index >= 15 is 0 Å². The number of hydrogen-bond donors (Lipinski definition) is 4. The SMILES string of the molecule is CCOP(=O)(CN[C@@H](CC[C@@H](O)CN)C(=O)O)OCC. The zero-order valence-electron chi connectivity index (χ0n) is 11.9. The van der Waals surface area contributed by atoms with Gasteiger partial charge >= 0.3 is 13.6 Å². The van der Waals surface area contributed by atoms with Gasteiger partial charge in [-0.2, -0.15) is 0 Å². The molecule has 0 aliphatic carbocycles. The lowest BCUT2D eigenvalue weighted by Crippen LogP contribution is -2.38. The van der Waals surface area contributed by atoms with Crippen LogP contribution in [-0.2, 0) is 18.4 Å². The van der Waals surface area contributed by atoms with Crippen LogP contribution in [0.3, 0.4) is 0 Å². The maximum atomic E-state index is 12.2. The van der Waals surface area contributed by atoms with Crippen molar-refractivity contribution >= 4 is 13.6 Å². The smallest absolute Gasteiger partial charge is 0.344 e. The first kappa shape index (κ1) is 19.5. The van der Waals surface area contributed by atoms with E-state index in [0.717, 1.165) is 0 Å². The standard InChI is InChI=1S/C11H25N2O6P/c1-3-18-20(17,19-4-2)8-13-10(11(15)16)6-5-9(14)7-12/h9-10,13-14H,3-8,12H2,1-2H3,(H,15,16)/t9-,10+/m1/s1. The number of carboxylic acid groups (broad SMARTS) is 1. The molecule has 0 spiro atoms. The zero-order valence-corrected chi connectivity index (χ0v) is 12.8. The molecule has 0 saturated heterocycles. The Morgan fingerprint density at radius 1 is 1.30 bits per heavy atom. The van der Waals surface area contributed by atoms with E-state index in [4.69, 9.17) is 19.9 Å². The molecule has 0 rings (SSSR count). The highest BCUT2D eigenvalue weighted by Gasteiger charge is 2.27. The topological polar surface area (TPSA) is 131 Å². The molecule has 0 aliphatic heterocycles. The minimum atomic E-state index is -3.33. The third kappa shape index (κ3) is 7.94. The molecule has 0 fully saturated rings. The quantitative estimate of drug-likeness (QED) is 0.380. The fraction of sp³-hybridized carbons (Fsp3) is 0.909. The van der Waals surface area contributed by atoms with Gasteiger partial charge in [-0.05, 0) is 26.7 Å². The summed E-state index contributed by atoms with van der Waals surface area (Å²) in [4.78, 5) is 11.1. The fourth-order valence-electron chi connectivity index (χ4n) is 1.53. The molecule has 0 amide bonds. The van der Waals surface area contributed by atoms with Crippen molar-refractivity contribution < 1.29 is 28.6 Å². The molecule has 120 valence electrons. The summed E-state index contributed by atoms with van der Waals surface area (Å²) in [5, 5.41) is 21.0. The van der Waals surface area contributed by atoms with Crippen LogP contribution < -0.4 is 11.1 Å². The molecule has 0 saturated carbocycles. The highest BCUT2D eigenvalue weighted by Crippen LogP contribution is 2.46. The zero-order chi connectivity index (χ0) is 15.6. The summed E-state index contributed by atoms with van der Waals surface area (Å²) in [5.41, 5.74) is 5.25. The van der Waals surface area contributed by atoms with Crippen LogP contribution in [0.1, 0.15) is 26.7 Å². The van der Waals surface area contributed by atoms with Gasteiger partial charge in [-0.3, -0.25) is 14.7 Å². The summed E-state index contributed by atoms with van der Waals surface area (Å²) >= 11 is 0. The number of aliphatic hydroxyl groups is 1. The first-order chi connectivity index (χ1) is 9.38. The number of aliphatic carboxylic acids is 1.